The van der Waals surface area contributed by atoms with Gasteiger partial charge in [-0.25, -0.2) is 4.79 Å². The van der Waals surface area contributed by atoms with Gasteiger partial charge in [0.15, 0.2) is 0 Å². The van der Waals surface area contributed by atoms with E-state index in [9.17, 15) is 4.79 Å². The van der Waals surface area contributed by atoms with Crippen LogP contribution in [0.2, 0.25) is 0 Å². The summed E-state index contributed by atoms with van der Waals surface area (Å²) in [5.74, 6) is -0.139. The van der Waals surface area contributed by atoms with Crippen LogP contribution < -0.4 is 0 Å². The number of hydrogen-bond acceptors (Lipinski definition) is 1. The van der Waals surface area contributed by atoms with Crippen LogP contribution in [0.4, 0.5) is 0 Å². The smallest absolute Gasteiger partial charge is 0.330 e. The van der Waals surface area contributed by atoms with Crippen LogP contribution in [0.15, 0.2) is 11.6 Å². The molecule has 1 fully saturated rings. The Hall–Kier alpha value is -0.790. The highest BCUT2D eigenvalue weighted by molar-refractivity contribution is 5.85. The molecule has 0 aromatic heterocycles. The lowest BCUT2D eigenvalue weighted by molar-refractivity contribution is -0.132. The summed E-state index contributed by atoms with van der Waals surface area (Å²) in [7, 11) is 0. The molecule has 1 aliphatic carbocycles. The molecule has 1 saturated carbocycles. The Kier molecular flexibility index (Phi) is 3.95. The minimum Gasteiger partial charge on any atom is -0.478 e. The average molecular weight is 210 g/mol. The normalized spacial score (nSPS) is 20.3. The largest absolute Gasteiger partial charge is 0.478 e. The van der Waals surface area contributed by atoms with Gasteiger partial charge in [0.1, 0.15) is 0 Å². The third kappa shape index (κ3) is 3.37. The van der Waals surface area contributed by atoms with Crippen LogP contribution in [0, 0.1) is 11.3 Å². The highest BCUT2D eigenvalue weighted by Crippen LogP contribution is 2.39. The van der Waals surface area contributed by atoms with Gasteiger partial charge in [-0.1, -0.05) is 39.2 Å². The van der Waals surface area contributed by atoms with E-state index in [0.29, 0.717) is 11.5 Å². The summed E-state index contributed by atoms with van der Waals surface area (Å²) >= 11 is 0. The van der Waals surface area contributed by atoms with Crippen molar-refractivity contribution in [1.82, 2.24) is 0 Å². The van der Waals surface area contributed by atoms with Crippen LogP contribution in [0.25, 0.3) is 0 Å². The Morgan fingerprint density at radius 2 is 1.80 bits per heavy atom. The highest BCUT2D eigenvalue weighted by atomic mass is 16.4. The molecule has 15 heavy (non-hydrogen) atoms. The molecule has 2 heteroatoms. The summed E-state index contributed by atoms with van der Waals surface area (Å²) in [4.78, 5) is 10.8. The second-order valence-corrected chi connectivity index (χ2v) is 5.29. The van der Waals surface area contributed by atoms with Crippen molar-refractivity contribution in [3.05, 3.63) is 11.6 Å². The van der Waals surface area contributed by atoms with E-state index in [1.165, 1.54) is 32.1 Å². The average Bonchev–Trinajstić information content (AvgIpc) is 2.18. The van der Waals surface area contributed by atoms with Crippen molar-refractivity contribution in [2.75, 3.05) is 0 Å². The molecule has 0 aromatic rings. The van der Waals surface area contributed by atoms with Crippen molar-refractivity contribution in [3.8, 4) is 0 Å². The van der Waals surface area contributed by atoms with Crippen molar-refractivity contribution >= 4 is 5.97 Å². The predicted octanol–water partition coefficient (Wildman–Crippen LogP) is 3.62. The Labute approximate surface area is 92.4 Å². The molecule has 0 aliphatic heterocycles. The third-order valence-electron chi connectivity index (χ3n) is 3.58. The molecule has 1 rings (SSSR count). The van der Waals surface area contributed by atoms with Crippen molar-refractivity contribution in [3.63, 3.8) is 0 Å². The van der Waals surface area contributed by atoms with Crippen molar-refractivity contribution in [1.29, 1.82) is 0 Å². The fraction of sp³-hybridized carbons (Fsp3) is 0.769. The summed E-state index contributed by atoms with van der Waals surface area (Å²) in [5, 5.41) is 8.88. The molecule has 0 heterocycles. The fourth-order valence-electron chi connectivity index (χ4n) is 2.58. The molecule has 2 nitrogen and oxygen atoms in total. The summed E-state index contributed by atoms with van der Waals surface area (Å²) in [5.41, 5.74) is 0.508. The van der Waals surface area contributed by atoms with Crippen molar-refractivity contribution < 1.29 is 9.90 Å². The summed E-state index contributed by atoms with van der Waals surface area (Å²) in [6, 6.07) is 0. The number of allylic oxidation sites excluding steroid dienone is 1. The fourth-order valence-corrected chi connectivity index (χ4v) is 2.58. The SMILES string of the molecule is CC(=CC(C)(C)C1CCCCC1)C(=O)O. The van der Waals surface area contributed by atoms with Gasteiger partial charge in [-0.3, -0.25) is 0 Å². The van der Waals surface area contributed by atoms with E-state index in [1.54, 1.807) is 6.92 Å². The number of carboxylic acid groups (broad SMARTS) is 1. The maximum Gasteiger partial charge on any atom is 0.330 e. The van der Waals surface area contributed by atoms with E-state index in [1.807, 2.05) is 6.08 Å². The second kappa shape index (κ2) is 4.82. The number of carboxylic acids is 1. The molecule has 0 saturated heterocycles. The molecule has 0 atom stereocenters. The monoisotopic (exact) mass is 210 g/mol. The van der Waals surface area contributed by atoms with Gasteiger partial charge < -0.3 is 5.11 Å². The van der Waals surface area contributed by atoms with Gasteiger partial charge in [0.2, 0.25) is 0 Å². The number of aliphatic carboxylic acids is 1. The maximum absolute atomic E-state index is 10.8. The van der Waals surface area contributed by atoms with Gasteiger partial charge in [-0.05, 0) is 31.1 Å². The summed E-state index contributed by atoms with van der Waals surface area (Å²) in [6.07, 6.45) is 8.37. The van der Waals surface area contributed by atoms with Crippen LogP contribution in [0.3, 0.4) is 0 Å². The standard InChI is InChI=1S/C13H22O2/c1-10(12(14)15)9-13(2,3)11-7-5-4-6-8-11/h9,11H,4-8H2,1-3H3,(H,14,15). The maximum atomic E-state index is 10.8. The Morgan fingerprint density at radius 3 is 2.27 bits per heavy atom. The predicted molar refractivity (Wildman–Crippen MR) is 61.7 cm³/mol. The van der Waals surface area contributed by atoms with Crippen LogP contribution in [0.5, 0.6) is 0 Å². The van der Waals surface area contributed by atoms with E-state index in [0.717, 1.165) is 0 Å². The topological polar surface area (TPSA) is 37.3 Å². The second-order valence-electron chi connectivity index (χ2n) is 5.29. The molecule has 0 aromatic carbocycles. The molecule has 0 bridgehead atoms. The zero-order valence-corrected chi connectivity index (χ0v) is 10.0. The number of hydrogen-bond donors (Lipinski definition) is 1. The van der Waals surface area contributed by atoms with Crippen molar-refractivity contribution in [2.24, 2.45) is 11.3 Å². The Morgan fingerprint density at radius 1 is 1.27 bits per heavy atom. The third-order valence-corrected chi connectivity index (χ3v) is 3.58. The molecule has 0 unspecified atom stereocenters. The van der Waals surface area contributed by atoms with E-state index in [-0.39, 0.29) is 5.41 Å². The van der Waals surface area contributed by atoms with Crippen LogP contribution >= 0.6 is 0 Å². The van der Waals surface area contributed by atoms with E-state index in [4.69, 9.17) is 5.11 Å². The minimum atomic E-state index is -0.793. The molecule has 86 valence electrons. The lowest BCUT2D eigenvalue weighted by atomic mass is 9.70. The molecule has 0 spiro atoms. The molecular formula is C13H22O2. The van der Waals surface area contributed by atoms with Gasteiger partial charge in [0, 0.05) is 5.57 Å². The van der Waals surface area contributed by atoms with Gasteiger partial charge in [0.25, 0.3) is 0 Å². The van der Waals surface area contributed by atoms with Crippen LogP contribution in [0.1, 0.15) is 52.9 Å². The molecular weight excluding hydrogens is 188 g/mol. The van der Waals surface area contributed by atoms with Gasteiger partial charge in [-0.2, -0.15) is 0 Å². The van der Waals surface area contributed by atoms with Crippen LogP contribution in [-0.2, 0) is 4.79 Å². The zero-order chi connectivity index (χ0) is 11.5. The first-order valence-corrected chi connectivity index (χ1v) is 5.86. The molecule has 1 N–H and O–H groups in total. The zero-order valence-electron chi connectivity index (χ0n) is 10.0. The summed E-state index contributed by atoms with van der Waals surface area (Å²) < 4.78 is 0. The molecule has 1 aliphatic rings. The van der Waals surface area contributed by atoms with Crippen molar-refractivity contribution in [2.45, 2.75) is 52.9 Å². The highest BCUT2D eigenvalue weighted by Gasteiger charge is 2.29. The van der Waals surface area contributed by atoms with E-state index in [2.05, 4.69) is 13.8 Å². The first kappa shape index (κ1) is 12.3. The first-order chi connectivity index (χ1) is 6.93. The molecule has 0 amide bonds. The summed E-state index contributed by atoms with van der Waals surface area (Å²) in [6.45, 7) is 6.01. The van der Waals surface area contributed by atoms with Gasteiger partial charge in [0.05, 0.1) is 0 Å². The van der Waals surface area contributed by atoms with E-state index < -0.39 is 5.97 Å². The lowest BCUT2D eigenvalue weighted by Gasteiger charge is -2.35. The lowest BCUT2D eigenvalue weighted by Crippen LogP contribution is -2.25. The first-order valence-electron chi connectivity index (χ1n) is 5.86. The minimum absolute atomic E-state index is 0.0306. The number of carbonyl (C=O) groups is 1. The Balaban J connectivity index is 2.72. The quantitative estimate of drug-likeness (QED) is 0.722. The molecule has 0 radical (unpaired) electrons. The van der Waals surface area contributed by atoms with E-state index >= 15 is 0 Å². The van der Waals surface area contributed by atoms with Crippen LogP contribution in [-0.4, -0.2) is 11.1 Å². The number of rotatable bonds is 3. The van der Waals surface area contributed by atoms with Gasteiger partial charge in [-0.15, -0.1) is 0 Å². The Bertz CT molecular complexity index is 258. The van der Waals surface area contributed by atoms with Gasteiger partial charge >= 0.3 is 5.97 Å².